The predicted octanol–water partition coefficient (Wildman–Crippen LogP) is 2.97. The fraction of sp³-hybridized carbons (Fsp3) is 0.519. The first-order valence-electron chi connectivity index (χ1n) is 12.8. The van der Waals surface area contributed by atoms with Crippen molar-refractivity contribution in [3.8, 4) is 11.5 Å². The molecule has 0 saturated heterocycles. The van der Waals surface area contributed by atoms with Crippen LogP contribution >= 0.6 is 0 Å². The molecule has 2 unspecified atom stereocenters. The van der Waals surface area contributed by atoms with E-state index >= 15 is 0 Å². The van der Waals surface area contributed by atoms with Gasteiger partial charge in [0.1, 0.15) is 18.5 Å². The molecule has 2 atom stereocenters. The summed E-state index contributed by atoms with van der Waals surface area (Å²) in [5.74, 6) is 1.08. The SMILES string of the molecule is O=C(O)C(CCOC1CC(CCc2ccc3c(n2)NCCC3)C1)NC(=O)C1COc2ccccc2O1. The Hall–Kier alpha value is -3.33. The second-order valence-electron chi connectivity index (χ2n) is 9.76. The monoisotopic (exact) mass is 495 g/mol. The molecule has 1 fully saturated rings. The van der Waals surface area contributed by atoms with E-state index < -0.39 is 24.0 Å². The van der Waals surface area contributed by atoms with Gasteiger partial charge in [0.25, 0.3) is 5.91 Å². The van der Waals surface area contributed by atoms with E-state index in [1.165, 1.54) is 5.56 Å². The highest BCUT2D eigenvalue weighted by atomic mass is 16.6. The Morgan fingerprint density at radius 3 is 2.86 bits per heavy atom. The van der Waals surface area contributed by atoms with Gasteiger partial charge in [0.15, 0.2) is 11.5 Å². The lowest BCUT2D eigenvalue weighted by atomic mass is 9.79. The Labute approximate surface area is 210 Å². The summed E-state index contributed by atoms with van der Waals surface area (Å²) in [6.07, 6.45) is 5.68. The van der Waals surface area contributed by atoms with Gasteiger partial charge in [-0.05, 0) is 68.2 Å². The number of anilines is 1. The first kappa shape index (κ1) is 24.4. The number of fused-ring (bicyclic) bond motifs is 2. The number of hydrogen-bond acceptors (Lipinski definition) is 7. The summed E-state index contributed by atoms with van der Waals surface area (Å²) in [5.41, 5.74) is 2.44. The molecule has 2 aliphatic heterocycles. The van der Waals surface area contributed by atoms with E-state index in [-0.39, 0.29) is 25.7 Å². The molecule has 1 aromatic carbocycles. The van der Waals surface area contributed by atoms with Gasteiger partial charge >= 0.3 is 5.97 Å². The number of carboxylic acids is 1. The van der Waals surface area contributed by atoms with E-state index in [2.05, 4.69) is 22.8 Å². The quantitative estimate of drug-likeness (QED) is 0.460. The summed E-state index contributed by atoms with van der Waals surface area (Å²) in [4.78, 5) is 29.0. The van der Waals surface area contributed by atoms with Crippen LogP contribution in [0.15, 0.2) is 36.4 Å². The molecule has 3 N–H and O–H groups in total. The second-order valence-corrected chi connectivity index (χ2v) is 9.76. The van der Waals surface area contributed by atoms with Crippen LogP contribution in [-0.2, 0) is 27.2 Å². The number of amides is 1. The standard InChI is InChI=1S/C27H33N3O6/c31-26(24-16-35-22-5-1-2-6-23(22)36-24)30-21(27(32)33)11-13-34-20-14-17(15-20)7-9-19-10-8-18-4-3-12-28-25(18)29-19/h1-2,5-6,8,10,17,20-21,24H,3-4,7,9,11-16H2,(H,28,29)(H,30,31)(H,32,33). The zero-order valence-electron chi connectivity index (χ0n) is 20.3. The molecule has 1 aromatic heterocycles. The summed E-state index contributed by atoms with van der Waals surface area (Å²) in [7, 11) is 0. The van der Waals surface area contributed by atoms with E-state index in [1.54, 1.807) is 18.2 Å². The molecule has 0 spiro atoms. The van der Waals surface area contributed by atoms with Gasteiger partial charge in [0.2, 0.25) is 6.10 Å². The first-order valence-corrected chi connectivity index (χ1v) is 12.8. The number of carbonyl (C=O) groups excluding carboxylic acids is 1. The lowest BCUT2D eigenvalue weighted by molar-refractivity contribution is -0.144. The molecule has 9 nitrogen and oxygen atoms in total. The molecule has 2 aromatic rings. The number of nitrogens with zero attached hydrogens (tertiary/aromatic N) is 1. The summed E-state index contributed by atoms with van der Waals surface area (Å²) in [6, 6.07) is 10.4. The molecule has 3 aliphatic rings. The van der Waals surface area contributed by atoms with Crippen LogP contribution < -0.4 is 20.1 Å². The highest BCUT2D eigenvalue weighted by Gasteiger charge is 2.32. The van der Waals surface area contributed by atoms with Crippen LogP contribution in [0.5, 0.6) is 11.5 Å². The number of aliphatic carboxylic acids is 1. The molecule has 3 heterocycles. The number of para-hydroxylation sites is 2. The minimum atomic E-state index is -1.09. The van der Waals surface area contributed by atoms with Gasteiger partial charge in [-0.15, -0.1) is 0 Å². The van der Waals surface area contributed by atoms with E-state index in [4.69, 9.17) is 19.2 Å². The van der Waals surface area contributed by atoms with Crippen LogP contribution in [0, 0.1) is 5.92 Å². The van der Waals surface area contributed by atoms with Gasteiger partial charge in [-0.3, -0.25) is 4.79 Å². The van der Waals surface area contributed by atoms with Crippen LogP contribution in [0.4, 0.5) is 5.82 Å². The summed E-state index contributed by atoms with van der Waals surface area (Å²) in [5, 5.41) is 15.5. The molecular formula is C27H33N3O6. The van der Waals surface area contributed by atoms with E-state index in [1.807, 2.05) is 6.07 Å². The van der Waals surface area contributed by atoms with E-state index in [0.717, 1.165) is 56.6 Å². The highest BCUT2D eigenvalue weighted by molar-refractivity contribution is 5.86. The van der Waals surface area contributed by atoms with Gasteiger partial charge in [0.05, 0.1) is 6.10 Å². The zero-order chi connectivity index (χ0) is 24.9. The third-order valence-corrected chi connectivity index (χ3v) is 7.13. The van der Waals surface area contributed by atoms with Crippen molar-refractivity contribution in [3.63, 3.8) is 0 Å². The molecule has 36 heavy (non-hydrogen) atoms. The van der Waals surface area contributed by atoms with Crippen LogP contribution in [0.2, 0.25) is 0 Å². The van der Waals surface area contributed by atoms with Crippen LogP contribution in [0.25, 0.3) is 0 Å². The number of carbonyl (C=O) groups is 2. The largest absolute Gasteiger partial charge is 0.485 e. The van der Waals surface area contributed by atoms with E-state index in [0.29, 0.717) is 17.4 Å². The van der Waals surface area contributed by atoms with Crippen LogP contribution in [0.1, 0.15) is 43.4 Å². The fourth-order valence-electron chi connectivity index (χ4n) is 4.93. The van der Waals surface area contributed by atoms with Gasteiger partial charge < -0.3 is 30.0 Å². The maximum absolute atomic E-state index is 12.6. The molecule has 1 aliphatic carbocycles. The number of aromatic nitrogens is 1. The number of nitrogens with one attached hydrogen (secondary N) is 2. The van der Waals surface area contributed by atoms with Crippen molar-refractivity contribution in [2.45, 2.75) is 63.2 Å². The number of ether oxygens (including phenoxy) is 3. The normalized spacial score (nSPS) is 22.9. The van der Waals surface area contributed by atoms with Gasteiger partial charge in [0, 0.05) is 25.3 Å². The van der Waals surface area contributed by atoms with Crippen LogP contribution in [0.3, 0.4) is 0 Å². The summed E-state index contributed by atoms with van der Waals surface area (Å²) >= 11 is 0. The maximum Gasteiger partial charge on any atom is 0.326 e. The third-order valence-electron chi connectivity index (χ3n) is 7.13. The molecule has 9 heteroatoms. The van der Waals surface area contributed by atoms with Crippen molar-refractivity contribution in [3.05, 3.63) is 47.7 Å². The Bertz CT molecular complexity index is 1090. The van der Waals surface area contributed by atoms with Crippen molar-refractivity contribution in [1.82, 2.24) is 10.3 Å². The van der Waals surface area contributed by atoms with Crippen molar-refractivity contribution in [1.29, 1.82) is 0 Å². The van der Waals surface area contributed by atoms with Crippen molar-refractivity contribution in [2.24, 2.45) is 5.92 Å². The molecule has 1 saturated carbocycles. The number of carboxylic acid groups (broad SMARTS) is 1. The van der Waals surface area contributed by atoms with Crippen molar-refractivity contribution < 1.29 is 28.9 Å². The average molecular weight is 496 g/mol. The van der Waals surface area contributed by atoms with Crippen molar-refractivity contribution in [2.75, 3.05) is 25.1 Å². The minimum Gasteiger partial charge on any atom is -0.485 e. The topological polar surface area (TPSA) is 119 Å². The van der Waals surface area contributed by atoms with Gasteiger partial charge in [-0.2, -0.15) is 0 Å². The number of aryl methyl sites for hydroxylation is 2. The number of pyridine rings is 1. The molecule has 0 radical (unpaired) electrons. The summed E-state index contributed by atoms with van der Waals surface area (Å²) < 4.78 is 17.1. The first-order chi connectivity index (χ1) is 17.5. The highest BCUT2D eigenvalue weighted by Crippen LogP contribution is 2.34. The lowest BCUT2D eigenvalue weighted by Crippen LogP contribution is -2.50. The zero-order valence-corrected chi connectivity index (χ0v) is 20.3. The minimum absolute atomic E-state index is 0.0344. The van der Waals surface area contributed by atoms with Crippen molar-refractivity contribution >= 4 is 17.7 Å². The summed E-state index contributed by atoms with van der Waals surface area (Å²) in [6.45, 7) is 1.30. The smallest absolute Gasteiger partial charge is 0.326 e. The Morgan fingerprint density at radius 1 is 1.19 bits per heavy atom. The molecule has 1 amide bonds. The second kappa shape index (κ2) is 11.2. The van der Waals surface area contributed by atoms with Gasteiger partial charge in [-0.25, -0.2) is 9.78 Å². The van der Waals surface area contributed by atoms with Crippen LogP contribution in [-0.4, -0.2) is 60.0 Å². The third kappa shape index (κ3) is 5.90. The predicted molar refractivity (Wildman–Crippen MR) is 132 cm³/mol. The fourth-order valence-corrected chi connectivity index (χ4v) is 4.93. The Kier molecular flexibility index (Phi) is 7.55. The Morgan fingerprint density at radius 2 is 2.03 bits per heavy atom. The lowest BCUT2D eigenvalue weighted by Gasteiger charge is -2.35. The average Bonchev–Trinajstić information content (AvgIpc) is 2.88. The number of rotatable bonds is 10. The molecular weight excluding hydrogens is 462 g/mol. The number of benzene rings is 1. The molecule has 192 valence electrons. The van der Waals surface area contributed by atoms with Gasteiger partial charge in [-0.1, -0.05) is 18.2 Å². The molecule has 0 bridgehead atoms. The maximum atomic E-state index is 12.6. The van der Waals surface area contributed by atoms with E-state index in [9.17, 15) is 14.7 Å². The number of hydrogen-bond donors (Lipinski definition) is 3. The molecule has 5 rings (SSSR count). The Balaban J connectivity index is 0.998.